The van der Waals surface area contributed by atoms with Gasteiger partial charge in [-0.1, -0.05) is 29.3 Å². The zero-order valence-corrected chi connectivity index (χ0v) is 12.9. The molecule has 2 atom stereocenters. The van der Waals surface area contributed by atoms with E-state index >= 15 is 0 Å². The maximum absolute atomic E-state index is 10.4. The molecule has 0 radical (unpaired) electrons. The minimum Gasteiger partial charge on any atom is -0.497 e. The largest absolute Gasteiger partial charge is 0.497 e. The number of halogens is 2. The molecule has 1 aliphatic heterocycles. The average Bonchev–Trinajstić information content (AvgIpc) is 2.47. The second-order valence-corrected chi connectivity index (χ2v) is 5.71. The van der Waals surface area contributed by atoms with Gasteiger partial charge in [0.1, 0.15) is 17.6 Å². The Morgan fingerprint density at radius 2 is 1.90 bits per heavy atom. The van der Waals surface area contributed by atoms with E-state index < -0.39 is 6.10 Å². The predicted molar refractivity (Wildman–Crippen MR) is 82.4 cm³/mol. The van der Waals surface area contributed by atoms with Gasteiger partial charge in [0, 0.05) is 27.6 Å². The van der Waals surface area contributed by atoms with E-state index in [0.717, 1.165) is 0 Å². The first-order valence-electron chi connectivity index (χ1n) is 6.56. The van der Waals surface area contributed by atoms with Crippen molar-refractivity contribution in [1.82, 2.24) is 0 Å². The SMILES string of the molecule is COc1ccc2c(c1)C(O)CC(c1c(Cl)cccc1Cl)O2. The first-order valence-corrected chi connectivity index (χ1v) is 7.32. The molecule has 0 spiro atoms. The van der Waals surface area contributed by atoms with Crippen molar-refractivity contribution in [2.45, 2.75) is 18.6 Å². The fraction of sp³-hybridized carbons (Fsp3) is 0.250. The quantitative estimate of drug-likeness (QED) is 0.880. The van der Waals surface area contributed by atoms with E-state index in [4.69, 9.17) is 32.7 Å². The lowest BCUT2D eigenvalue weighted by Crippen LogP contribution is -2.19. The number of rotatable bonds is 2. The molecule has 0 saturated carbocycles. The molecule has 1 heterocycles. The van der Waals surface area contributed by atoms with Crippen LogP contribution in [0.25, 0.3) is 0 Å². The van der Waals surface area contributed by atoms with Crippen molar-refractivity contribution in [1.29, 1.82) is 0 Å². The molecular weight excluding hydrogens is 311 g/mol. The maximum atomic E-state index is 10.4. The Morgan fingerprint density at radius 1 is 1.19 bits per heavy atom. The second kappa shape index (κ2) is 5.76. The highest BCUT2D eigenvalue weighted by Crippen LogP contribution is 2.45. The summed E-state index contributed by atoms with van der Waals surface area (Å²) in [7, 11) is 1.59. The van der Waals surface area contributed by atoms with Gasteiger partial charge in [0.2, 0.25) is 0 Å². The van der Waals surface area contributed by atoms with Gasteiger partial charge in [0.15, 0.2) is 0 Å². The lowest BCUT2D eigenvalue weighted by atomic mass is 9.94. The van der Waals surface area contributed by atoms with E-state index in [2.05, 4.69) is 0 Å². The van der Waals surface area contributed by atoms with Crippen LogP contribution in [0.4, 0.5) is 0 Å². The second-order valence-electron chi connectivity index (χ2n) is 4.90. The molecule has 2 aromatic carbocycles. The van der Waals surface area contributed by atoms with E-state index in [1.54, 1.807) is 43.5 Å². The van der Waals surface area contributed by atoms with Gasteiger partial charge in [-0.2, -0.15) is 0 Å². The molecule has 0 amide bonds. The molecule has 0 aliphatic carbocycles. The molecule has 3 nitrogen and oxygen atoms in total. The Labute approximate surface area is 133 Å². The van der Waals surface area contributed by atoms with Crippen LogP contribution >= 0.6 is 23.2 Å². The van der Waals surface area contributed by atoms with Gasteiger partial charge in [-0.05, 0) is 30.3 Å². The van der Waals surface area contributed by atoms with Gasteiger partial charge in [0.05, 0.1) is 13.2 Å². The Morgan fingerprint density at radius 3 is 2.57 bits per heavy atom. The molecule has 2 aromatic rings. The normalized spacial score (nSPS) is 20.6. The van der Waals surface area contributed by atoms with Crippen molar-refractivity contribution < 1.29 is 14.6 Å². The van der Waals surface area contributed by atoms with E-state index in [-0.39, 0.29) is 6.10 Å². The van der Waals surface area contributed by atoms with E-state index in [0.29, 0.717) is 39.1 Å². The summed E-state index contributed by atoms with van der Waals surface area (Å²) in [5.74, 6) is 1.31. The van der Waals surface area contributed by atoms with Crippen molar-refractivity contribution in [3.8, 4) is 11.5 Å². The smallest absolute Gasteiger partial charge is 0.129 e. The number of hydrogen-bond acceptors (Lipinski definition) is 3. The molecule has 0 saturated heterocycles. The summed E-state index contributed by atoms with van der Waals surface area (Å²) in [5.41, 5.74) is 1.43. The molecule has 0 aromatic heterocycles. The van der Waals surface area contributed by atoms with Gasteiger partial charge in [-0.3, -0.25) is 0 Å². The van der Waals surface area contributed by atoms with Crippen LogP contribution in [-0.4, -0.2) is 12.2 Å². The van der Waals surface area contributed by atoms with Gasteiger partial charge in [-0.15, -0.1) is 0 Å². The summed E-state index contributed by atoms with van der Waals surface area (Å²) in [6.45, 7) is 0. The molecule has 1 N–H and O–H groups in total. The maximum Gasteiger partial charge on any atom is 0.129 e. The third kappa shape index (κ3) is 2.69. The van der Waals surface area contributed by atoms with Crippen molar-refractivity contribution >= 4 is 23.2 Å². The number of aliphatic hydroxyl groups is 1. The monoisotopic (exact) mass is 324 g/mol. The molecule has 0 fully saturated rings. The highest BCUT2D eigenvalue weighted by molar-refractivity contribution is 6.36. The lowest BCUT2D eigenvalue weighted by molar-refractivity contribution is 0.0655. The third-order valence-corrected chi connectivity index (χ3v) is 4.26. The predicted octanol–water partition coefficient (Wildman–Crippen LogP) is 4.56. The highest BCUT2D eigenvalue weighted by Gasteiger charge is 2.30. The third-order valence-electron chi connectivity index (χ3n) is 3.60. The topological polar surface area (TPSA) is 38.7 Å². The highest BCUT2D eigenvalue weighted by atomic mass is 35.5. The number of aliphatic hydroxyl groups excluding tert-OH is 1. The summed E-state index contributed by atoms with van der Waals surface area (Å²) >= 11 is 12.4. The van der Waals surface area contributed by atoms with Gasteiger partial charge < -0.3 is 14.6 Å². The van der Waals surface area contributed by atoms with Crippen LogP contribution in [0.2, 0.25) is 10.0 Å². The molecule has 0 bridgehead atoms. The summed E-state index contributed by atoms with van der Waals surface area (Å²) < 4.78 is 11.1. The summed E-state index contributed by atoms with van der Waals surface area (Å²) in [6.07, 6.45) is -0.632. The zero-order valence-electron chi connectivity index (χ0n) is 11.3. The molecular formula is C16H14Cl2O3. The standard InChI is InChI=1S/C16H14Cl2O3/c1-20-9-5-6-14-10(7-9)13(19)8-15(21-14)16-11(17)3-2-4-12(16)18/h2-7,13,15,19H,8H2,1H3. The Balaban J connectivity index is 1.99. The Hall–Kier alpha value is -1.42. The number of methoxy groups -OCH3 is 1. The molecule has 110 valence electrons. The summed E-state index contributed by atoms with van der Waals surface area (Å²) in [6, 6.07) is 10.7. The molecule has 21 heavy (non-hydrogen) atoms. The number of benzene rings is 2. The minimum atomic E-state index is -0.652. The van der Waals surface area contributed by atoms with Crippen LogP contribution in [0, 0.1) is 0 Å². The van der Waals surface area contributed by atoms with Crippen molar-refractivity contribution in [2.24, 2.45) is 0 Å². The van der Waals surface area contributed by atoms with E-state index in [9.17, 15) is 5.11 Å². The van der Waals surface area contributed by atoms with Crippen LogP contribution in [-0.2, 0) is 0 Å². The fourth-order valence-corrected chi connectivity index (χ4v) is 3.19. The summed E-state index contributed by atoms with van der Waals surface area (Å²) in [4.78, 5) is 0. The fourth-order valence-electron chi connectivity index (χ4n) is 2.55. The lowest BCUT2D eigenvalue weighted by Gasteiger charge is -2.31. The van der Waals surface area contributed by atoms with Crippen molar-refractivity contribution in [3.63, 3.8) is 0 Å². The summed E-state index contributed by atoms with van der Waals surface area (Å²) in [5, 5.41) is 11.5. The van der Waals surface area contributed by atoms with Gasteiger partial charge >= 0.3 is 0 Å². The van der Waals surface area contributed by atoms with Crippen molar-refractivity contribution in [3.05, 3.63) is 57.6 Å². The molecule has 5 heteroatoms. The van der Waals surface area contributed by atoms with Crippen LogP contribution in [0.5, 0.6) is 11.5 Å². The molecule has 2 unspecified atom stereocenters. The van der Waals surface area contributed by atoms with Crippen LogP contribution in [0.15, 0.2) is 36.4 Å². The van der Waals surface area contributed by atoms with Gasteiger partial charge in [-0.25, -0.2) is 0 Å². The number of fused-ring (bicyclic) bond motifs is 1. The Bertz CT molecular complexity index is 652. The zero-order chi connectivity index (χ0) is 15.0. The van der Waals surface area contributed by atoms with Gasteiger partial charge in [0.25, 0.3) is 0 Å². The number of hydrogen-bond donors (Lipinski definition) is 1. The Kier molecular flexibility index (Phi) is 3.98. The van der Waals surface area contributed by atoms with Crippen molar-refractivity contribution in [2.75, 3.05) is 7.11 Å². The average molecular weight is 325 g/mol. The molecule has 3 rings (SSSR count). The van der Waals surface area contributed by atoms with E-state index in [1.807, 2.05) is 0 Å². The van der Waals surface area contributed by atoms with E-state index in [1.165, 1.54) is 0 Å². The van der Waals surface area contributed by atoms with Crippen LogP contribution in [0.1, 0.15) is 29.8 Å². The molecule has 1 aliphatic rings. The van der Waals surface area contributed by atoms with Crippen LogP contribution in [0.3, 0.4) is 0 Å². The number of ether oxygens (including phenoxy) is 2. The minimum absolute atomic E-state index is 0.373. The first-order chi connectivity index (χ1) is 10.1. The van der Waals surface area contributed by atoms with Crippen LogP contribution < -0.4 is 9.47 Å². The first kappa shape index (κ1) is 14.5.